The van der Waals surface area contributed by atoms with Crippen molar-refractivity contribution in [3.05, 3.63) is 84.2 Å². The topological polar surface area (TPSA) is 75.7 Å². The number of aryl methyl sites for hydroxylation is 1. The number of carbonyl (C=O) groups excluding carboxylic acids is 1. The van der Waals surface area contributed by atoms with E-state index in [4.69, 9.17) is 14.5 Å². The van der Waals surface area contributed by atoms with Crippen molar-refractivity contribution in [2.75, 3.05) is 44.0 Å². The molecule has 2 heterocycles. The van der Waals surface area contributed by atoms with Gasteiger partial charge in [-0.2, -0.15) is 0 Å². The Hall–Kier alpha value is -3.94. The third-order valence-corrected chi connectivity index (χ3v) is 6.49. The monoisotopic (exact) mass is 482 g/mol. The number of methoxy groups -OCH3 is 1. The Morgan fingerprint density at radius 1 is 0.972 bits per heavy atom. The number of ether oxygens (including phenoxy) is 2. The minimum absolute atomic E-state index is 0.307. The number of fused-ring (bicyclic) bond motifs is 1. The zero-order chi connectivity index (χ0) is 24.9. The van der Waals surface area contributed by atoms with E-state index in [-0.39, 0.29) is 6.03 Å². The number of carbonyl (C=O) groups is 1. The van der Waals surface area contributed by atoms with Gasteiger partial charge < -0.3 is 20.1 Å². The van der Waals surface area contributed by atoms with E-state index < -0.39 is 0 Å². The SMILES string of the molecule is COc1ccc(C)c(NC(=O)Nc2ccc(-c3ccc(CN4CCOCC4)nc3)c3ccccc23)c1. The summed E-state index contributed by atoms with van der Waals surface area (Å²) in [5.41, 5.74) is 5.56. The summed E-state index contributed by atoms with van der Waals surface area (Å²) in [6.45, 7) is 6.21. The van der Waals surface area contributed by atoms with Crippen LogP contribution < -0.4 is 15.4 Å². The first-order valence-corrected chi connectivity index (χ1v) is 12.1. The van der Waals surface area contributed by atoms with Crippen molar-refractivity contribution in [1.82, 2.24) is 9.88 Å². The fraction of sp³-hybridized carbons (Fsp3) is 0.241. The van der Waals surface area contributed by atoms with Gasteiger partial charge in [-0.25, -0.2) is 4.79 Å². The van der Waals surface area contributed by atoms with Gasteiger partial charge in [0.15, 0.2) is 0 Å². The smallest absolute Gasteiger partial charge is 0.323 e. The molecular formula is C29H30N4O3. The molecule has 0 spiro atoms. The second kappa shape index (κ2) is 10.8. The Morgan fingerprint density at radius 2 is 1.75 bits per heavy atom. The summed E-state index contributed by atoms with van der Waals surface area (Å²) in [5.74, 6) is 0.690. The number of nitrogens with one attached hydrogen (secondary N) is 2. The van der Waals surface area contributed by atoms with Crippen molar-refractivity contribution in [2.45, 2.75) is 13.5 Å². The van der Waals surface area contributed by atoms with Gasteiger partial charge in [0.05, 0.1) is 31.7 Å². The van der Waals surface area contributed by atoms with E-state index in [1.165, 1.54) is 0 Å². The van der Waals surface area contributed by atoms with Crippen molar-refractivity contribution in [3.8, 4) is 16.9 Å². The molecule has 1 aliphatic rings. The number of amides is 2. The van der Waals surface area contributed by atoms with E-state index in [1.807, 2.05) is 61.7 Å². The van der Waals surface area contributed by atoms with Crippen molar-refractivity contribution in [3.63, 3.8) is 0 Å². The molecule has 0 radical (unpaired) electrons. The highest BCUT2D eigenvalue weighted by Crippen LogP contribution is 2.33. The Bertz CT molecular complexity index is 1370. The molecule has 0 saturated carbocycles. The van der Waals surface area contributed by atoms with E-state index in [0.717, 1.165) is 71.7 Å². The second-order valence-electron chi connectivity index (χ2n) is 8.89. The molecule has 2 amide bonds. The number of benzene rings is 3. The highest BCUT2D eigenvalue weighted by atomic mass is 16.5. The molecule has 5 rings (SSSR count). The van der Waals surface area contributed by atoms with Crippen LogP contribution in [-0.2, 0) is 11.3 Å². The second-order valence-corrected chi connectivity index (χ2v) is 8.89. The Morgan fingerprint density at radius 3 is 2.50 bits per heavy atom. The molecule has 0 atom stereocenters. The zero-order valence-electron chi connectivity index (χ0n) is 20.6. The third-order valence-electron chi connectivity index (χ3n) is 6.49. The van der Waals surface area contributed by atoms with Crippen molar-refractivity contribution in [1.29, 1.82) is 0 Å². The number of morpholine rings is 1. The van der Waals surface area contributed by atoms with Crippen LogP contribution in [-0.4, -0.2) is 49.3 Å². The lowest BCUT2D eigenvalue weighted by molar-refractivity contribution is 0.0336. The first-order chi connectivity index (χ1) is 17.6. The summed E-state index contributed by atoms with van der Waals surface area (Å²) in [4.78, 5) is 19.9. The molecule has 7 heteroatoms. The van der Waals surface area contributed by atoms with Gasteiger partial charge >= 0.3 is 6.03 Å². The summed E-state index contributed by atoms with van der Waals surface area (Å²) < 4.78 is 10.7. The van der Waals surface area contributed by atoms with Gasteiger partial charge in [-0.15, -0.1) is 0 Å². The number of hydrogen-bond donors (Lipinski definition) is 2. The van der Waals surface area contributed by atoms with Gasteiger partial charge in [0, 0.05) is 48.5 Å². The number of aromatic nitrogens is 1. The van der Waals surface area contributed by atoms with Crippen LogP contribution in [0, 0.1) is 6.92 Å². The third kappa shape index (κ3) is 5.32. The van der Waals surface area contributed by atoms with E-state index in [0.29, 0.717) is 11.4 Å². The van der Waals surface area contributed by atoms with E-state index in [1.54, 1.807) is 7.11 Å². The molecule has 2 N–H and O–H groups in total. The van der Waals surface area contributed by atoms with Crippen LogP contribution in [0.4, 0.5) is 16.2 Å². The normalized spacial score (nSPS) is 13.9. The van der Waals surface area contributed by atoms with Crippen molar-refractivity contribution in [2.24, 2.45) is 0 Å². The molecule has 1 saturated heterocycles. The Labute approximate surface area is 211 Å². The lowest BCUT2D eigenvalue weighted by Crippen LogP contribution is -2.35. The van der Waals surface area contributed by atoms with Gasteiger partial charge in [0.2, 0.25) is 0 Å². The number of pyridine rings is 1. The van der Waals surface area contributed by atoms with Crippen LogP contribution in [0.2, 0.25) is 0 Å². The maximum absolute atomic E-state index is 12.8. The van der Waals surface area contributed by atoms with Crippen molar-refractivity contribution < 1.29 is 14.3 Å². The maximum Gasteiger partial charge on any atom is 0.323 e. The predicted octanol–water partition coefficient (Wildman–Crippen LogP) is 5.70. The summed E-state index contributed by atoms with van der Waals surface area (Å²) in [6.07, 6.45) is 1.93. The lowest BCUT2D eigenvalue weighted by atomic mass is 9.98. The van der Waals surface area contributed by atoms with Crippen LogP contribution in [0.25, 0.3) is 21.9 Å². The molecule has 0 bridgehead atoms. The number of rotatable bonds is 6. The Kier molecular flexibility index (Phi) is 7.11. The van der Waals surface area contributed by atoms with Crippen LogP contribution in [0.1, 0.15) is 11.3 Å². The van der Waals surface area contributed by atoms with Gasteiger partial charge in [0.25, 0.3) is 0 Å². The Balaban J connectivity index is 1.36. The molecular weight excluding hydrogens is 452 g/mol. The van der Waals surface area contributed by atoms with Gasteiger partial charge in [-0.05, 0) is 41.6 Å². The first-order valence-electron chi connectivity index (χ1n) is 12.1. The van der Waals surface area contributed by atoms with Crippen LogP contribution in [0.3, 0.4) is 0 Å². The molecule has 7 nitrogen and oxygen atoms in total. The fourth-order valence-electron chi connectivity index (χ4n) is 4.46. The number of hydrogen-bond acceptors (Lipinski definition) is 5. The number of urea groups is 1. The molecule has 1 aromatic heterocycles. The average molecular weight is 483 g/mol. The predicted molar refractivity (Wildman–Crippen MR) is 144 cm³/mol. The van der Waals surface area contributed by atoms with Gasteiger partial charge in [-0.1, -0.05) is 42.5 Å². The van der Waals surface area contributed by atoms with Gasteiger partial charge in [0.1, 0.15) is 5.75 Å². The highest BCUT2D eigenvalue weighted by Gasteiger charge is 2.14. The molecule has 36 heavy (non-hydrogen) atoms. The zero-order valence-corrected chi connectivity index (χ0v) is 20.6. The first kappa shape index (κ1) is 23.8. The standard InChI is InChI=1S/C29H30N4O3/c1-20-7-10-23(35-2)17-28(20)32-29(34)31-27-12-11-24(25-5-3-4-6-26(25)27)21-8-9-22(30-18-21)19-33-13-15-36-16-14-33/h3-12,17-18H,13-16,19H2,1-2H3,(H2,31,32,34). The molecule has 184 valence electrons. The number of anilines is 2. The lowest BCUT2D eigenvalue weighted by Gasteiger charge is -2.26. The van der Waals surface area contributed by atoms with E-state index in [9.17, 15) is 4.79 Å². The molecule has 0 unspecified atom stereocenters. The van der Waals surface area contributed by atoms with Crippen LogP contribution in [0.5, 0.6) is 5.75 Å². The largest absolute Gasteiger partial charge is 0.497 e. The maximum atomic E-state index is 12.8. The van der Waals surface area contributed by atoms with E-state index in [2.05, 4.69) is 33.7 Å². The highest BCUT2D eigenvalue weighted by molar-refractivity contribution is 6.09. The quantitative estimate of drug-likeness (QED) is 0.369. The molecule has 3 aromatic carbocycles. The molecule has 1 fully saturated rings. The molecule has 0 aliphatic carbocycles. The molecule has 4 aromatic rings. The van der Waals surface area contributed by atoms with E-state index >= 15 is 0 Å². The van der Waals surface area contributed by atoms with Crippen LogP contribution >= 0.6 is 0 Å². The number of nitrogens with zero attached hydrogens (tertiary/aromatic N) is 2. The van der Waals surface area contributed by atoms with Gasteiger partial charge in [-0.3, -0.25) is 9.88 Å². The molecule has 1 aliphatic heterocycles. The van der Waals surface area contributed by atoms with Crippen molar-refractivity contribution >= 4 is 28.2 Å². The minimum Gasteiger partial charge on any atom is -0.497 e. The summed E-state index contributed by atoms with van der Waals surface area (Å²) in [6, 6.07) is 21.6. The van der Waals surface area contributed by atoms with Crippen LogP contribution in [0.15, 0.2) is 72.9 Å². The average Bonchev–Trinajstić information content (AvgIpc) is 2.91. The summed E-state index contributed by atoms with van der Waals surface area (Å²) in [5, 5.41) is 7.96. The summed E-state index contributed by atoms with van der Waals surface area (Å²) >= 11 is 0. The summed E-state index contributed by atoms with van der Waals surface area (Å²) in [7, 11) is 1.61. The fourth-order valence-corrected chi connectivity index (χ4v) is 4.46. The minimum atomic E-state index is -0.307.